The molecule has 0 aliphatic rings. The molecule has 2 rings (SSSR count). The van der Waals surface area contributed by atoms with Crippen molar-refractivity contribution in [1.29, 1.82) is 0 Å². The summed E-state index contributed by atoms with van der Waals surface area (Å²) >= 11 is 7.48. The predicted molar refractivity (Wildman–Crippen MR) is 87.6 cm³/mol. The Kier molecular flexibility index (Phi) is 5.56. The normalized spacial score (nSPS) is 11.4. The quantitative estimate of drug-likeness (QED) is 0.813. The lowest BCUT2D eigenvalue weighted by Gasteiger charge is -2.15. The minimum Gasteiger partial charge on any atom is -0.478 e. The van der Waals surface area contributed by atoms with E-state index in [2.05, 4.69) is 11.9 Å². The Balaban J connectivity index is 1.92. The van der Waals surface area contributed by atoms with E-state index < -0.39 is 5.97 Å². The molecule has 1 aromatic carbocycles. The van der Waals surface area contributed by atoms with E-state index in [9.17, 15) is 4.79 Å². The maximum Gasteiger partial charge on any atom is 0.328 e. The third-order valence-corrected chi connectivity index (χ3v) is 4.15. The number of carboxylic acid groups (broad SMARTS) is 1. The lowest BCUT2D eigenvalue weighted by molar-refractivity contribution is -0.131. The van der Waals surface area contributed by atoms with Gasteiger partial charge in [-0.05, 0) is 43.0 Å². The fraction of sp³-hybridized carbons (Fsp3) is 0.188. The molecule has 0 radical (unpaired) electrons. The first-order chi connectivity index (χ1) is 10.0. The molecule has 0 bridgehead atoms. The molecule has 0 atom stereocenters. The zero-order valence-corrected chi connectivity index (χ0v) is 13.2. The summed E-state index contributed by atoms with van der Waals surface area (Å²) in [5, 5.41) is 9.36. The highest BCUT2D eigenvalue weighted by Gasteiger charge is 2.04. The number of nitrogens with zero attached hydrogens (tertiary/aromatic N) is 1. The van der Waals surface area contributed by atoms with Gasteiger partial charge in [0, 0.05) is 33.9 Å². The highest BCUT2D eigenvalue weighted by molar-refractivity contribution is 7.12. The number of hydrogen-bond donors (Lipinski definition) is 1. The number of hydrogen-bond acceptors (Lipinski definition) is 3. The molecule has 0 unspecified atom stereocenters. The van der Waals surface area contributed by atoms with Gasteiger partial charge >= 0.3 is 5.97 Å². The number of carboxylic acids is 1. The van der Waals surface area contributed by atoms with E-state index in [1.807, 2.05) is 36.4 Å². The molecule has 2 aromatic rings. The highest BCUT2D eigenvalue weighted by atomic mass is 35.5. The van der Waals surface area contributed by atoms with Crippen LogP contribution in [0.4, 0.5) is 0 Å². The summed E-state index contributed by atoms with van der Waals surface area (Å²) in [7, 11) is 2.06. The van der Waals surface area contributed by atoms with E-state index in [-0.39, 0.29) is 0 Å². The van der Waals surface area contributed by atoms with Crippen LogP contribution in [0.3, 0.4) is 0 Å². The van der Waals surface area contributed by atoms with Crippen molar-refractivity contribution in [3.8, 4) is 0 Å². The summed E-state index contributed by atoms with van der Waals surface area (Å²) in [6.07, 6.45) is 2.78. The third kappa shape index (κ3) is 5.34. The number of carbonyl (C=O) groups is 1. The van der Waals surface area contributed by atoms with Gasteiger partial charge in [-0.1, -0.05) is 23.7 Å². The maximum atomic E-state index is 10.5. The van der Waals surface area contributed by atoms with Crippen LogP contribution < -0.4 is 0 Å². The van der Waals surface area contributed by atoms with Gasteiger partial charge in [0.2, 0.25) is 0 Å². The van der Waals surface area contributed by atoms with Crippen molar-refractivity contribution >= 4 is 35.0 Å². The molecule has 110 valence electrons. The van der Waals surface area contributed by atoms with Crippen LogP contribution in [0, 0.1) is 0 Å². The number of benzene rings is 1. The molecule has 0 fully saturated rings. The van der Waals surface area contributed by atoms with Crippen LogP contribution in [0.2, 0.25) is 5.02 Å². The Bertz CT molecular complexity index is 634. The van der Waals surface area contributed by atoms with Gasteiger partial charge in [0.1, 0.15) is 0 Å². The van der Waals surface area contributed by atoms with Gasteiger partial charge in [-0.2, -0.15) is 0 Å². The van der Waals surface area contributed by atoms with Crippen molar-refractivity contribution in [2.75, 3.05) is 7.05 Å². The highest BCUT2D eigenvalue weighted by Crippen LogP contribution is 2.20. The second-order valence-electron chi connectivity index (χ2n) is 4.77. The number of aliphatic carboxylic acids is 1. The van der Waals surface area contributed by atoms with Gasteiger partial charge in [-0.25, -0.2) is 4.79 Å². The standard InChI is InChI=1S/C16H16ClNO2S/c1-18(10-12-2-4-13(17)5-3-12)11-15-7-6-14(21-15)8-9-16(19)20/h2-9H,10-11H2,1H3,(H,19,20). The van der Waals surface area contributed by atoms with Crippen molar-refractivity contribution < 1.29 is 9.90 Å². The van der Waals surface area contributed by atoms with Crippen LogP contribution in [0.5, 0.6) is 0 Å². The summed E-state index contributed by atoms with van der Waals surface area (Å²) in [5.41, 5.74) is 1.21. The summed E-state index contributed by atoms with van der Waals surface area (Å²) in [5.74, 6) is -0.926. The van der Waals surface area contributed by atoms with E-state index in [0.29, 0.717) is 0 Å². The SMILES string of the molecule is CN(Cc1ccc(Cl)cc1)Cc1ccc(C=CC(=O)O)s1. The van der Waals surface area contributed by atoms with Crippen LogP contribution in [-0.4, -0.2) is 23.0 Å². The number of thiophene rings is 1. The van der Waals surface area contributed by atoms with E-state index in [1.54, 1.807) is 17.4 Å². The van der Waals surface area contributed by atoms with Crippen molar-refractivity contribution in [3.63, 3.8) is 0 Å². The van der Waals surface area contributed by atoms with E-state index in [0.717, 1.165) is 29.1 Å². The van der Waals surface area contributed by atoms with Gasteiger partial charge in [0.05, 0.1) is 0 Å². The number of rotatable bonds is 6. The third-order valence-electron chi connectivity index (χ3n) is 2.86. The topological polar surface area (TPSA) is 40.5 Å². The minimum atomic E-state index is -0.926. The molecule has 0 saturated heterocycles. The molecule has 3 nitrogen and oxygen atoms in total. The molecular weight excluding hydrogens is 306 g/mol. The Morgan fingerprint density at radius 1 is 1.24 bits per heavy atom. The molecule has 21 heavy (non-hydrogen) atoms. The zero-order chi connectivity index (χ0) is 15.2. The molecular formula is C16H16ClNO2S. The largest absolute Gasteiger partial charge is 0.478 e. The monoisotopic (exact) mass is 321 g/mol. The van der Waals surface area contributed by atoms with Crippen molar-refractivity contribution in [2.24, 2.45) is 0 Å². The maximum absolute atomic E-state index is 10.5. The Morgan fingerprint density at radius 3 is 2.62 bits per heavy atom. The van der Waals surface area contributed by atoms with Crippen LogP contribution in [0.25, 0.3) is 6.08 Å². The van der Waals surface area contributed by atoms with E-state index in [1.165, 1.54) is 10.4 Å². The van der Waals surface area contributed by atoms with Crippen LogP contribution in [-0.2, 0) is 17.9 Å². The summed E-state index contributed by atoms with van der Waals surface area (Å²) in [6, 6.07) is 11.8. The molecule has 0 aliphatic carbocycles. The molecule has 0 aliphatic heterocycles. The molecule has 0 amide bonds. The molecule has 0 spiro atoms. The van der Waals surface area contributed by atoms with Crippen LogP contribution >= 0.6 is 22.9 Å². The van der Waals surface area contributed by atoms with Gasteiger partial charge in [0.25, 0.3) is 0 Å². The fourth-order valence-corrected chi connectivity index (χ4v) is 3.07. The molecule has 5 heteroatoms. The first kappa shape index (κ1) is 15.8. The zero-order valence-electron chi connectivity index (χ0n) is 11.6. The van der Waals surface area contributed by atoms with Gasteiger partial charge in [-0.15, -0.1) is 11.3 Å². The smallest absolute Gasteiger partial charge is 0.328 e. The van der Waals surface area contributed by atoms with Gasteiger partial charge in [-0.3, -0.25) is 4.90 Å². The minimum absolute atomic E-state index is 0.745. The first-order valence-electron chi connectivity index (χ1n) is 6.45. The second-order valence-corrected chi connectivity index (χ2v) is 6.41. The Morgan fingerprint density at radius 2 is 1.95 bits per heavy atom. The second kappa shape index (κ2) is 7.41. The van der Waals surface area contributed by atoms with E-state index in [4.69, 9.17) is 16.7 Å². The van der Waals surface area contributed by atoms with Crippen LogP contribution in [0.15, 0.2) is 42.5 Å². The van der Waals surface area contributed by atoms with Gasteiger partial charge in [0.15, 0.2) is 0 Å². The van der Waals surface area contributed by atoms with Crippen molar-refractivity contribution in [2.45, 2.75) is 13.1 Å². The molecule has 0 saturated carbocycles. The summed E-state index contributed by atoms with van der Waals surface area (Å²) in [4.78, 5) is 14.8. The molecule has 1 heterocycles. The van der Waals surface area contributed by atoms with Gasteiger partial charge < -0.3 is 5.11 Å². The van der Waals surface area contributed by atoms with Crippen molar-refractivity contribution in [1.82, 2.24) is 4.90 Å². The fourth-order valence-electron chi connectivity index (χ4n) is 1.95. The first-order valence-corrected chi connectivity index (χ1v) is 7.65. The average molecular weight is 322 g/mol. The van der Waals surface area contributed by atoms with Crippen molar-refractivity contribution in [3.05, 3.63) is 62.8 Å². The number of halogens is 1. The Hall–Kier alpha value is -1.62. The van der Waals surface area contributed by atoms with Crippen LogP contribution in [0.1, 0.15) is 15.3 Å². The molecule has 1 N–H and O–H groups in total. The summed E-state index contributed by atoms with van der Waals surface area (Å²) < 4.78 is 0. The lowest BCUT2D eigenvalue weighted by Crippen LogP contribution is -2.16. The Labute approximate surface area is 133 Å². The average Bonchev–Trinajstić information content (AvgIpc) is 2.86. The lowest BCUT2D eigenvalue weighted by atomic mass is 10.2. The predicted octanol–water partition coefficient (Wildman–Crippen LogP) is 4.13. The summed E-state index contributed by atoms with van der Waals surface area (Å²) in [6.45, 7) is 1.67. The molecule has 1 aromatic heterocycles. The van der Waals surface area contributed by atoms with E-state index >= 15 is 0 Å².